The molecule has 0 saturated carbocycles. The molecule has 0 aromatic heterocycles. The summed E-state index contributed by atoms with van der Waals surface area (Å²) in [6, 6.07) is 9.75. The van der Waals surface area contributed by atoms with E-state index in [0.717, 1.165) is 11.8 Å². The lowest BCUT2D eigenvalue weighted by atomic mass is 9.85. The van der Waals surface area contributed by atoms with Crippen LogP contribution in [-0.4, -0.2) is 23.6 Å². The number of aldehydes is 1. The minimum atomic E-state index is -0.802. The number of carbonyl (C=O) groups is 1. The standard InChI is InChI=1S/C14H20O3/c1-11(13(16)14(2,3)10-15)17-9-12-7-5-4-6-8-12/h4-8,10-11,13,16H,9H2,1-3H3/t11?,13-/m0/s1. The van der Waals surface area contributed by atoms with Crippen molar-refractivity contribution >= 4 is 6.29 Å². The predicted octanol–water partition coefficient (Wildman–Crippen LogP) is 2.18. The number of aliphatic hydroxyl groups excluding tert-OH is 1. The van der Waals surface area contributed by atoms with Gasteiger partial charge in [-0.15, -0.1) is 0 Å². The third-order valence-corrected chi connectivity index (χ3v) is 2.87. The molecule has 3 heteroatoms. The topological polar surface area (TPSA) is 46.5 Å². The molecular weight excluding hydrogens is 216 g/mol. The number of aliphatic hydroxyl groups is 1. The van der Waals surface area contributed by atoms with Crippen molar-refractivity contribution in [2.24, 2.45) is 5.41 Å². The number of ether oxygens (including phenoxy) is 1. The molecule has 1 unspecified atom stereocenters. The number of rotatable bonds is 6. The molecule has 1 aromatic rings. The molecule has 0 aliphatic carbocycles. The molecule has 0 aliphatic rings. The van der Waals surface area contributed by atoms with Crippen molar-refractivity contribution in [3.63, 3.8) is 0 Å². The van der Waals surface area contributed by atoms with E-state index in [9.17, 15) is 9.90 Å². The van der Waals surface area contributed by atoms with Crippen LogP contribution in [0, 0.1) is 5.41 Å². The highest BCUT2D eigenvalue weighted by molar-refractivity contribution is 5.59. The van der Waals surface area contributed by atoms with E-state index in [1.54, 1.807) is 20.8 Å². The smallest absolute Gasteiger partial charge is 0.128 e. The zero-order valence-electron chi connectivity index (χ0n) is 10.6. The Morgan fingerprint density at radius 1 is 1.35 bits per heavy atom. The van der Waals surface area contributed by atoms with Crippen LogP contribution in [0.15, 0.2) is 30.3 Å². The Hall–Kier alpha value is -1.19. The molecule has 1 rings (SSSR count). The van der Waals surface area contributed by atoms with Crippen molar-refractivity contribution in [2.75, 3.05) is 0 Å². The van der Waals surface area contributed by atoms with Gasteiger partial charge in [0.05, 0.1) is 18.8 Å². The van der Waals surface area contributed by atoms with Gasteiger partial charge in [0.25, 0.3) is 0 Å². The van der Waals surface area contributed by atoms with Crippen molar-refractivity contribution in [1.29, 1.82) is 0 Å². The highest BCUT2D eigenvalue weighted by atomic mass is 16.5. The zero-order chi connectivity index (χ0) is 12.9. The molecule has 3 nitrogen and oxygen atoms in total. The van der Waals surface area contributed by atoms with Crippen LogP contribution in [0.3, 0.4) is 0 Å². The monoisotopic (exact) mass is 236 g/mol. The van der Waals surface area contributed by atoms with Crippen molar-refractivity contribution in [3.8, 4) is 0 Å². The van der Waals surface area contributed by atoms with Gasteiger partial charge in [0.15, 0.2) is 0 Å². The number of carbonyl (C=O) groups excluding carboxylic acids is 1. The van der Waals surface area contributed by atoms with Crippen LogP contribution in [0.5, 0.6) is 0 Å². The second-order valence-electron chi connectivity index (χ2n) is 4.89. The summed E-state index contributed by atoms with van der Waals surface area (Å²) in [4.78, 5) is 10.8. The van der Waals surface area contributed by atoms with Crippen LogP contribution in [0.2, 0.25) is 0 Å². The van der Waals surface area contributed by atoms with Gasteiger partial charge in [-0.2, -0.15) is 0 Å². The molecule has 0 radical (unpaired) electrons. The molecule has 0 aliphatic heterocycles. The first-order valence-electron chi connectivity index (χ1n) is 5.77. The van der Waals surface area contributed by atoms with E-state index in [4.69, 9.17) is 4.74 Å². The lowest BCUT2D eigenvalue weighted by molar-refractivity contribution is -0.129. The van der Waals surface area contributed by atoms with E-state index in [1.165, 1.54) is 0 Å². The Balaban J connectivity index is 2.50. The predicted molar refractivity (Wildman–Crippen MR) is 66.5 cm³/mol. The number of benzene rings is 1. The maximum atomic E-state index is 10.8. The molecule has 0 amide bonds. The zero-order valence-corrected chi connectivity index (χ0v) is 10.6. The van der Waals surface area contributed by atoms with E-state index in [2.05, 4.69) is 0 Å². The van der Waals surface area contributed by atoms with E-state index in [0.29, 0.717) is 6.61 Å². The average molecular weight is 236 g/mol. The van der Waals surface area contributed by atoms with Crippen molar-refractivity contribution in [1.82, 2.24) is 0 Å². The van der Waals surface area contributed by atoms with E-state index in [1.807, 2.05) is 30.3 Å². The fourth-order valence-corrected chi connectivity index (χ4v) is 1.57. The Labute approximate surface area is 102 Å². The van der Waals surface area contributed by atoms with Gasteiger partial charge < -0.3 is 14.6 Å². The van der Waals surface area contributed by atoms with Crippen LogP contribution in [0.25, 0.3) is 0 Å². The maximum absolute atomic E-state index is 10.8. The highest BCUT2D eigenvalue weighted by Crippen LogP contribution is 2.22. The third kappa shape index (κ3) is 3.95. The molecule has 0 bridgehead atoms. The molecule has 1 N–H and O–H groups in total. The second-order valence-corrected chi connectivity index (χ2v) is 4.89. The molecule has 2 atom stereocenters. The van der Waals surface area contributed by atoms with Gasteiger partial charge in [-0.3, -0.25) is 0 Å². The molecule has 0 spiro atoms. The quantitative estimate of drug-likeness (QED) is 0.770. The normalized spacial score (nSPS) is 15.3. The van der Waals surface area contributed by atoms with E-state index in [-0.39, 0.29) is 6.10 Å². The summed E-state index contributed by atoms with van der Waals surface area (Å²) in [5.74, 6) is 0. The first-order chi connectivity index (χ1) is 7.97. The van der Waals surface area contributed by atoms with Gasteiger partial charge in [-0.05, 0) is 12.5 Å². The minimum Gasteiger partial charge on any atom is -0.389 e. The summed E-state index contributed by atoms with van der Waals surface area (Å²) < 4.78 is 5.57. The van der Waals surface area contributed by atoms with Gasteiger partial charge in [0, 0.05) is 5.41 Å². The van der Waals surface area contributed by atoms with Crippen molar-refractivity contribution in [2.45, 2.75) is 39.6 Å². The van der Waals surface area contributed by atoms with E-state index >= 15 is 0 Å². The molecule has 1 aromatic carbocycles. The summed E-state index contributed by atoms with van der Waals surface area (Å²) >= 11 is 0. The van der Waals surface area contributed by atoms with Crippen molar-refractivity contribution in [3.05, 3.63) is 35.9 Å². The molecule has 17 heavy (non-hydrogen) atoms. The Morgan fingerprint density at radius 2 is 1.94 bits per heavy atom. The van der Waals surface area contributed by atoms with Gasteiger partial charge in [0.2, 0.25) is 0 Å². The summed E-state index contributed by atoms with van der Waals surface area (Å²) in [5, 5.41) is 9.97. The van der Waals surface area contributed by atoms with Gasteiger partial charge in [0.1, 0.15) is 6.29 Å². The molecule has 94 valence electrons. The summed E-state index contributed by atoms with van der Waals surface area (Å²) in [7, 11) is 0. The summed E-state index contributed by atoms with van der Waals surface area (Å²) in [5.41, 5.74) is 0.270. The summed E-state index contributed by atoms with van der Waals surface area (Å²) in [6.45, 7) is 5.62. The molecule has 0 heterocycles. The molecular formula is C14H20O3. The SMILES string of the molecule is CC(OCc1ccccc1)[C@H](O)C(C)(C)C=O. The number of hydrogen-bond acceptors (Lipinski definition) is 3. The van der Waals surface area contributed by atoms with Crippen molar-refractivity contribution < 1.29 is 14.6 Å². The van der Waals surface area contributed by atoms with Crippen LogP contribution < -0.4 is 0 Å². The maximum Gasteiger partial charge on any atom is 0.128 e. The Morgan fingerprint density at radius 3 is 2.47 bits per heavy atom. The summed E-state index contributed by atoms with van der Waals surface area (Å²) in [6.07, 6.45) is -0.417. The van der Waals surface area contributed by atoms with Crippen LogP contribution in [-0.2, 0) is 16.1 Å². The Bertz CT molecular complexity index is 346. The highest BCUT2D eigenvalue weighted by Gasteiger charge is 2.32. The van der Waals surface area contributed by atoms with E-state index < -0.39 is 11.5 Å². The minimum absolute atomic E-state index is 0.379. The largest absolute Gasteiger partial charge is 0.389 e. The third-order valence-electron chi connectivity index (χ3n) is 2.87. The number of hydrogen-bond donors (Lipinski definition) is 1. The van der Waals surface area contributed by atoms with Gasteiger partial charge in [-0.1, -0.05) is 44.2 Å². The van der Waals surface area contributed by atoms with Crippen LogP contribution in [0.4, 0.5) is 0 Å². The lowest BCUT2D eigenvalue weighted by Crippen LogP contribution is -2.40. The van der Waals surface area contributed by atoms with Gasteiger partial charge >= 0.3 is 0 Å². The Kier molecular flexibility index (Phi) is 4.85. The van der Waals surface area contributed by atoms with Crippen LogP contribution >= 0.6 is 0 Å². The van der Waals surface area contributed by atoms with Gasteiger partial charge in [-0.25, -0.2) is 0 Å². The molecule has 0 saturated heterocycles. The second kappa shape index (κ2) is 5.94. The average Bonchev–Trinajstić information content (AvgIpc) is 2.36. The first-order valence-corrected chi connectivity index (χ1v) is 5.77. The fraction of sp³-hybridized carbons (Fsp3) is 0.500. The lowest BCUT2D eigenvalue weighted by Gasteiger charge is -2.29. The first kappa shape index (κ1) is 13.9. The molecule has 0 fully saturated rings. The van der Waals surface area contributed by atoms with Crippen LogP contribution in [0.1, 0.15) is 26.3 Å². The fourth-order valence-electron chi connectivity index (χ4n) is 1.57.